The number of carboxylic acid groups (broad SMARTS) is 1. The van der Waals surface area contributed by atoms with Crippen LogP contribution >= 0.6 is 0 Å². The van der Waals surface area contributed by atoms with E-state index in [2.05, 4.69) is 27.8 Å². The fourth-order valence-corrected chi connectivity index (χ4v) is 2.15. The van der Waals surface area contributed by atoms with Crippen molar-refractivity contribution in [1.29, 1.82) is 0 Å². The van der Waals surface area contributed by atoms with E-state index in [1.54, 1.807) is 6.92 Å². The predicted octanol–water partition coefficient (Wildman–Crippen LogP) is 1.38. The molecule has 0 aromatic carbocycles. The average Bonchev–Trinajstić information content (AvgIpc) is 3.15. The van der Waals surface area contributed by atoms with Crippen LogP contribution in [0, 0.1) is 5.92 Å². The Morgan fingerprint density at radius 3 is 2.85 bits per heavy atom. The van der Waals surface area contributed by atoms with Crippen molar-refractivity contribution in [3.05, 3.63) is 5.82 Å². The van der Waals surface area contributed by atoms with Crippen LogP contribution in [0.3, 0.4) is 0 Å². The third kappa shape index (κ3) is 4.26. The van der Waals surface area contributed by atoms with Crippen molar-refractivity contribution >= 4 is 5.97 Å². The molecule has 1 aliphatic carbocycles. The van der Waals surface area contributed by atoms with Gasteiger partial charge >= 0.3 is 5.97 Å². The molecule has 112 valence electrons. The van der Waals surface area contributed by atoms with Gasteiger partial charge in [0, 0.05) is 6.04 Å². The molecule has 2 N–H and O–H groups in total. The van der Waals surface area contributed by atoms with Gasteiger partial charge in [0.2, 0.25) is 0 Å². The van der Waals surface area contributed by atoms with Crippen LogP contribution in [0.4, 0.5) is 0 Å². The monoisotopic (exact) mass is 281 g/mol. The summed E-state index contributed by atoms with van der Waals surface area (Å²) in [6.45, 7) is 4.53. The number of carbonyl (C=O) groups is 1. The highest BCUT2D eigenvalue weighted by atomic mass is 16.4. The van der Waals surface area contributed by atoms with Crippen molar-refractivity contribution in [2.75, 3.05) is 0 Å². The number of hydrogen-bond donors (Lipinski definition) is 2. The molecule has 2 unspecified atom stereocenters. The molecular weight excluding hydrogens is 258 g/mol. The fourth-order valence-electron chi connectivity index (χ4n) is 2.15. The second-order valence-electron chi connectivity index (χ2n) is 5.72. The summed E-state index contributed by atoms with van der Waals surface area (Å²) in [4.78, 5) is 10.7. The molecule has 2 atom stereocenters. The lowest BCUT2D eigenvalue weighted by Crippen LogP contribution is -2.27. The summed E-state index contributed by atoms with van der Waals surface area (Å²) in [6, 6.07) is 0.828. The van der Waals surface area contributed by atoms with E-state index in [0.29, 0.717) is 18.6 Å². The van der Waals surface area contributed by atoms with Gasteiger partial charge in [0.1, 0.15) is 0 Å². The molecule has 0 spiro atoms. The van der Waals surface area contributed by atoms with Crippen LogP contribution in [0.2, 0.25) is 0 Å². The van der Waals surface area contributed by atoms with Crippen molar-refractivity contribution in [2.24, 2.45) is 5.92 Å². The van der Waals surface area contributed by atoms with E-state index < -0.39 is 5.97 Å². The number of aromatic nitrogens is 4. The largest absolute Gasteiger partial charge is 0.481 e. The van der Waals surface area contributed by atoms with E-state index in [4.69, 9.17) is 5.11 Å². The lowest BCUT2D eigenvalue weighted by atomic mass is 10.0. The Labute approximate surface area is 118 Å². The van der Waals surface area contributed by atoms with Crippen molar-refractivity contribution in [2.45, 2.75) is 64.6 Å². The molecule has 0 saturated heterocycles. The van der Waals surface area contributed by atoms with Crippen LogP contribution in [0.1, 0.15) is 57.8 Å². The smallest absolute Gasteiger partial charge is 0.306 e. The molecule has 2 rings (SSSR count). The number of hydrogen-bond acceptors (Lipinski definition) is 5. The molecule has 1 heterocycles. The van der Waals surface area contributed by atoms with Crippen LogP contribution < -0.4 is 5.32 Å². The molecule has 1 fully saturated rings. The highest BCUT2D eigenvalue weighted by Crippen LogP contribution is 2.34. The van der Waals surface area contributed by atoms with Gasteiger partial charge < -0.3 is 10.4 Å². The van der Waals surface area contributed by atoms with E-state index in [-0.39, 0.29) is 5.92 Å². The van der Waals surface area contributed by atoms with Crippen molar-refractivity contribution in [3.63, 3.8) is 0 Å². The summed E-state index contributed by atoms with van der Waals surface area (Å²) in [5, 5.41) is 24.0. The first kappa shape index (κ1) is 14.9. The lowest BCUT2D eigenvalue weighted by Gasteiger charge is -2.14. The third-order valence-corrected chi connectivity index (χ3v) is 3.76. The Morgan fingerprint density at radius 2 is 2.20 bits per heavy atom. The molecule has 1 aromatic heterocycles. The topological polar surface area (TPSA) is 92.9 Å². The lowest BCUT2D eigenvalue weighted by molar-refractivity contribution is -0.141. The molecule has 7 nitrogen and oxygen atoms in total. The first-order chi connectivity index (χ1) is 9.58. The normalized spacial score (nSPS) is 17.9. The van der Waals surface area contributed by atoms with Crippen LogP contribution in [0.25, 0.3) is 0 Å². The van der Waals surface area contributed by atoms with Crippen molar-refractivity contribution in [1.82, 2.24) is 25.5 Å². The molecule has 0 amide bonds. The molecule has 1 aromatic rings. The van der Waals surface area contributed by atoms with Gasteiger partial charge in [0.15, 0.2) is 5.82 Å². The Morgan fingerprint density at radius 1 is 1.45 bits per heavy atom. The zero-order chi connectivity index (χ0) is 14.5. The van der Waals surface area contributed by atoms with Gasteiger partial charge in [-0.3, -0.25) is 4.79 Å². The molecule has 7 heteroatoms. The van der Waals surface area contributed by atoms with Gasteiger partial charge in [0.25, 0.3) is 0 Å². The molecule has 1 saturated carbocycles. The van der Waals surface area contributed by atoms with E-state index in [9.17, 15) is 4.79 Å². The highest BCUT2D eigenvalue weighted by Gasteiger charge is 2.27. The fraction of sp³-hybridized carbons (Fsp3) is 0.846. The zero-order valence-electron chi connectivity index (χ0n) is 12.1. The highest BCUT2D eigenvalue weighted by molar-refractivity contribution is 5.69. The Balaban J connectivity index is 1.65. The average molecular weight is 281 g/mol. The number of tetrazole rings is 1. The number of aliphatic carboxylic acids is 1. The first-order valence-corrected chi connectivity index (χ1v) is 7.31. The summed E-state index contributed by atoms with van der Waals surface area (Å²) >= 11 is 0. The second kappa shape index (κ2) is 6.78. The van der Waals surface area contributed by atoms with Crippen LogP contribution in [0.5, 0.6) is 0 Å². The Hall–Kier alpha value is -1.50. The van der Waals surface area contributed by atoms with Gasteiger partial charge in [-0.1, -0.05) is 13.3 Å². The summed E-state index contributed by atoms with van der Waals surface area (Å²) < 4.78 is 1.91. The first-order valence-electron chi connectivity index (χ1n) is 7.31. The summed E-state index contributed by atoms with van der Waals surface area (Å²) in [6.07, 6.45) is 4.93. The number of rotatable bonds is 9. The SMILES string of the molecule is CC(CCCC(C)C(=O)O)NCc1nnnn1C1CC1. The zero-order valence-corrected chi connectivity index (χ0v) is 12.1. The number of carboxylic acids is 1. The molecule has 0 bridgehead atoms. The summed E-state index contributed by atoms with van der Waals surface area (Å²) in [5.41, 5.74) is 0. The second-order valence-corrected chi connectivity index (χ2v) is 5.72. The maximum absolute atomic E-state index is 10.7. The molecular formula is C13H23N5O2. The minimum Gasteiger partial charge on any atom is -0.481 e. The van der Waals surface area contributed by atoms with E-state index >= 15 is 0 Å². The number of nitrogens with zero attached hydrogens (tertiary/aromatic N) is 4. The van der Waals surface area contributed by atoms with E-state index in [1.165, 1.54) is 12.8 Å². The van der Waals surface area contributed by atoms with Gasteiger partial charge in [-0.15, -0.1) is 5.10 Å². The van der Waals surface area contributed by atoms with Crippen molar-refractivity contribution in [3.8, 4) is 0 Å². The maximum Gasteiger partial charge on any atom is 0.306 e. The van der Waals surface area contributed by atoms with Crippen LogP contribution in [-0.4, -0.2) is 37.3 Å². The summed E-state index contributed by atoms with van der Waals surface area (Å²) in [7, 11) is 0. The Bertz CT molecular complexity index is 444. The third-order valence-electron chi connectivity index (χ3n) is 3.76. The van der Waals surface area contributed by atoms with Gasteiger partial charge in [-0.25, -0.2) is 4.68 Å². The minimum absolute atomic E-state index is 0.260. The maximum atomic E-state index is 10.7. The molecule has 20 heavy (non-hydrogen) atoms. The van der Waals surface area contributed by atoms with Gasteiger partial charge in [-0.05, 0) is 43.0 Å². The predicted molar refractivity (Wildman–Crippen MR) is 73.0 cm³/mol. The summed E-state index contributed by atoms with van der Waals surface area (Å²) in [5.74, 6) is -0.0863. The Kier molecular flexibility index (Phi) is 5.05. The standard InChI is InChI=1S/C13H23N5O2/c1-9(13(19)20)4-3-5-10(2)14-8-12-15-16-17-18(12)11-6-7-11/h9-11,14H,3-8H2,1-2H3,(H,19,20). The van der Waals surface area contributed by atoms with Gasteiger partial charge in [-0.2, -0.15) is 0 Å². The molecule has 1 aliphatic rings. The number of nitrogens with one attached hydrogen (secondary N) is 1. The van der Waals surface area contributed by atoms with E-state index in [0.717, 1.165) is 25.1 Å². The van der Waals surface area contributed by atoms with E-state index in [1.807, 2.05) is 4.68 Å². The van der Waals surface area contributed by atoms with Crippen LogP contribution in [-0.2, 0) is 11.3 Å². The molecule has 0 aliphatic heterocycles. The van der Waals surface area contributed by atoms with Crippen molar-refractivity contribution < 1.29 is 9.90 Å². The van der Waals surface area contributed by atoms with Crippen LogP contribution in [0.15, 0.2) is 0 Å². The van der Waals surface area contributed by atoms with Gasteiger partial charge in [0.05, 0.1) is 18.5 Å². The minimum atomic E-state index is -0.714. The quantitative estimate of drug-likeness (QED) is 0.710. The molecule has 0 radical (unpaired) electrons.